The highest BCUT2D eigenvalue weighted by molar-refractivity contribution is 9.10. The van der Waals surface area contributed by atoms with Crippen LogP contribution in [-0.2, 0) is 16.4 Å². The lowest BCUT2D eigenvalue weighted by Crippen LogP contribution is -2.22. The van der Waals surface area contributed by atoms with Crippen molar-refractivity contribution in [2.45, 2.75) is 25.2 Å². The van der Waals surface area contributed by atoms with Gasteiger partial charge in [-0.25, -0.2) is 18.1 Å². The van der Waals surface area contributed by atoms with Crippen LogP contribution in [0.3, 0.4) is 0 Å². The summed E-state index contributed by atoms with van der Waals surface area (Å²) in [7, 11) is -3.84. The van der Waals surface area contributed by atoms with Crippen molar-refractivity contribution in [3.63, 3.8) is 0 Å². The average Bonchev–Trinajstić information content (AvgIpc) is 2.60. The van der Waals surface area contributed by atoms with E-state index in [9.17, 15) is 13.2 Å². The van der Waals surface area contributed by atoms with Crippen LogP contribution in [0.4, 0.5) is 5.95 Å². The number of nitrogens with one attached hydrogen (secondary N) is 2. The summed E-state index contributed by atoms with van der Waals surface area (Å²) in [6.45, 7) is 3.69. The quantitative estimate of drug-likeness (QED) is 0.625. The fourth-order valence-electron chi connectivity index (χ4n) is 2.58. The Kier molecular flexibility index (Phi) is 5.48. The molecule has 2 N–H and O–H groups in total. The van der Waals surface area contributed by atoms with Gasteiger partial charge in [0.05, 0.1) is 10.6 Å². The summed E-state index contributed by atoms with van der Waals surface area (Å²) < 4.78 is 28.0. The number of H-pyrrole nitrogens is 1. The number of aryl methyl sites for hydroxylation is 2. The number of sulfonamides is 1. The third-order valence-electron chi connectivity index (χ3n) is 4.08. The summed E-state index contributed by atoms with van der Waals surface area (Å²) in [5.41, 5.74) is 2.74. The van der Waals surface area contributed by atoms with Crippen LogP contribution < -0.4 is 10.3 Å². The van der Waals surface area contributed by atoms with Crippen molar-refractivity contribution < 1.29 is 8.42 Å². The fraction of sp³-hybridized carbons (Fsp3) is 0.158. The molecule has 27 heavy (non-hydrogen) atoms. The Morgan fingerprint density at radius 1 is 1.04 bits per heavy atom. The fourth-order valence-corrected chi connectivity index (χ4v) is 3.80. The normalized spacial score (nSPS) is 11.4. The molecule has 0 aliphatic heterocycles. The van der Waals surface area contributed by atoms with Gasteiger partial charge in [0.15, 0.2) is 0 Å². The van der Waals surface area contributed by atoms with Crippen molar-refractivity contribution >= 4 is 31.9 Å². The van der Waals surface area contributed by atoms with Gasteiger partial charge in [0.2, 0.25) is 5.95 Å². The van der Waals surface area contributed by atoms with E-state index in [1.54, 1.807) is 19.1 Å². The van der Waals surface area contributed by atoms with Gasteiger partial charge in [-0.2, -0.15) is 0 Å². The highest BCUT2D eigenvalue weighted by Gasteiger charge is 2.17. The van der Waals surface area contributed by atoms with Crippen molar-refractivity contribution in [2.24, 2.45) is 0 Å². The van der Waals surface area contributed by atoms with E-state index < -0.39 is 10.0 Å². The summed E-state index contributed by atoms with van der Waals surface area (Å²) >= 11 is 3.26. The van der Waals surface area contributed by atoms with Gasteiger partial charge in [-0.15, -0.1) is 0 Å². The monoisotopic (exact) mass is 447 g/mol. The second-order valence-electron chi connectivity index (χ2n) is 6.20. The van der Waals surface area contributed by atoms with E-state index in [1.165, 1.54) is 12.1 Å². The van der Waals surface area contributed by atoms with Crippen LogP contribution in [0.5, 0.6) is 0 Å². The van der Waals surface area contributed by atoms with Crippen LogP contribution in [0.15, 0.2) is 62.7 Å². The molecule has 2 aromatic carbocycles. The molecule has 0 radical (unpaired) electrons. The molecule has 0 saturated heterocycles. The minimum absolute atomic E-state index is 0.0785. The van der Waals surface area contributed by atoms with Gasteiger partial charge in [0, 0.05) is 16.5 Å². The molecule has 6 nitrogen and oxygen atoms in total. The Morgan fingerprint density at radius 2 is 1.67 bits per heavy atom. The molecule has 3 aromatic rings. The molecule has 0 aliphatic rings. The Bertz CT molecular complexity index is 1120. The minimum atomic E-state index is -3.84. The van der Waals surface area contributed by atoms with E-state index in [0.717, 1.165) is 15.6 Å². The molecular weight excluding hydrogens is 430 g/mol. The van der Waals surface area contributed by atoms with Gasteiger partial charge in [0.1, 0.15) is 0 Å². The summed E-state index contributed by atoms with van der Waals surface area (Å²) in [5.74, 6) is -0.104. The Morgan fingerprint density at radius 3 is 2.26 bits per heavy atom. The molecule has 0 amide bonds. The van der Waals surface area contributed by atoms with Crippen LogP contribution in [-0.4, -0.2) is 18.4 Å². The van der Waals surface area contributed by atoms with E-state index in [2.05, 4.69) is 30.6 Å². The summed E-state index contributed by atoms with van der Waals surface area (Å²) in [5, 5.41) is 0. The molecule has 8 heteroatoms. The first-order valence-electron chi connectivity index (χ1n) is 8.18. The Balaban J connectivity index is 1.87. The lowest BCUT2D eigenvalue weighted by atomic mass is 10.0. The Hall–Kier alpha value is -2.45. The predicted octanol–water partition coefficient (Wildman–Crippen LogP) is 3.54. The van der Waals surface area contributed by atoms with Crippen molar-refractivity contribution in [3.05, 3.63) is 85.7 Å². The zero-order valence-corrected chi connectivity index (χ0v) is 17.2. The third-order valence-corrected chi connectivity index (χ3v) is 5.96. The molecule has 0 fully saturated rings. The molecule has 0 spiro atoms. The number of benzene rings is 2. The van der Waals surface area contributed by atoms with Crippen LogP contribution in [0.2, 0.25) is 0 Å². The van der Waals surface area contributed by atoms with Crippen LogP contribution in [0.1, 0.15) is 22.4 Å². The second kappa shape index (κ2) is 7.66. The highest BCUT2D eigenvalue weighted by atomic mass is 79.9. The van der Waals surface area contributed by atoms with Gasteiger partial charge < -0.3 is 0 Å². The topological polar surface area (TPSA) is 91.9 Å². The third kappa shape index (κ3) is 4.64. The smallest absolute Gasteiger partial charge is 0.264 e. The molecule has 1 aromatic heterocycles. The lowest BCUT2D eigenvalue weighted by Gasteiger charge is -2.10. The van der Waals surface area contributed by atoms with Gasteiger partial charge >= 0.3 is 0 Å². The number of halogens is 1. The Labute approximate surface area is 165 Å². The lowest BCUT2D eigenvalue weighted by molar-refractivity contribution is 0.600. The van der Waals surface area contributed by atoms with E-state index in [4.69, 9.17) is 0 Å². The van der Waals surface area contributed by atoms with Gasteiger partial charge in [-0.1, -0.05) is 45.8 Å². The molecule has 0 aliphatic carbocycles. The van der Waals surface area contributed by atoms with Crippen molar-refractivity contribution in [2.75, 3.05) is 4.72 Å². The summed E-state index contributed by atoms with van der Waals surface area (Å²) in [4.78, 5) is 19.3. The maximum absolute atomic E-state index is 12.5. The molecular formula is C19H18BrN3O3S. The molecule has 3 rings (SSSR count). The molecule has 0 bridgehead atoms. The molecule has 0 saturated carbocycles. The number of aromatic amines is 1. The van der Waals surface area contributed by atoms with Crippen molar-refractivity contribution in [1.29, 1.82) is 0 Å². The molecule has 140 valence electrons. The number of nitrogens with zero attached hydrogens (tertiary/aromatic N) is 1. The SMILES string of the molecule is Cc1ccc(Cc2c(C)nc(NS(=O)(=O)c3ccc(Br)cc3)[nH]c2=O)cc1. The van der Waals surface area contributed by atoms with E-state index in [1.807, 2.05) is 31.2 Å². The molecule has 0 unspecified atom stereocenters. The number of rotatable bonds is 5. The van der Waals surface area contributed by atoms with Crippen LogP contribution >= 0.6 is 15.9 Å². The van der Waals surface area contributed by atoms with Crippen molar-refractivity contribution in [3.8, 4) is 0 Å². The zero-order valence-electron chi connectivity index (χ0n) is 14.8. The number of anilines is 1. The van der Waals surface area contributed by atoms with Crippen molar-refractivity contribution in [1.82, 2.24) is 9.97 Å². The molecule has 0 atom stereocenters. The van der Waals surface area contributed by atoms with Crippen LogP contribution in [0.25, 0.3) is 0 Å². The second-order valence-corrected chi connectivity index (χ2v) is 8.80. The highest BCUT2D eigenvalue weighted by Crippen LogP contribution is 2.17. The molecule has 1 heterocycles. The van der Waals surface area contributed by atoms with Crippen LogP contribution in [0, 0.1) is 13.8 Å². The van der Waals surface area contributed by atoms with Gasteiger partial charge in [0.25, 0.3) is 15.6 Å². The minimum Gasteiger partial charge on any atom is -0.292 e. The summed E-state index contributed by atoms with van der Waals surface area (Å²) in [6, 6.07) is 14.0. The first-order valence-corrected chi connectivity index (χ1v) is 10.5. The number of hydrogen-bond donors (Lipinski definition) is 2. The van der Waals surface area contributed by atoms with Gasteiger partial charge in [-0.05, 0) is 43.7 Å². The van der Waals surface area contributed by atoms with E-state index in [-0.39, 0.29) is 16.4 Å². The zero-order chi connectivity index (χ0) is 19.6. The number of aromatic nitrogens is 2. The first-order chi connectivity index (χ1) is 12.7. The maximum Gasteiger partial charge on any atom is 0.264 e. The first kappa shape index (κ1) is 19.3. The van der Waals surface area contributed by atoms with E-state index in [0.29, 0.717) is 17.7 Å². The number of hydrogen-bond acceptors (Lipinski definition) is 4. The predicted molar refractivity (Wildman–Crippen MR) is 109 cm³/mol. The maximum atomic E-state index is 12.5. The standard InChI is InChI=1S/C19H18BrN3O3S/c1-12-3-5-14(6-4-12)11-17-13(2)21-19(22-18(17)24)23-27(25,26)16-9-7-15(20)8-10-16/h3-10H,11H2,1-2H3,(H2,21,22,23,24). The van der Waals surface area contributed by atoms with E-state index >= 15 is 0 Å². The summed E-state index contributed by atoms with van der Waals surface area (Å²) in [6.07, 6.45) is 0.425. The largest absolute Gasteiger partial charge is 0.292 e. The van der Waals surface area contributed by atoms with Gasteiger partial charge in [-0.3, -0.25) is 9.78 Å². The average molecular weight is 448 g/mol.